The molecule has 13 heavy (non-hydrogen) atoms. The largest absolute Gasteiger partial charge is 0.179 e. The van der Waals surface area contributed by atoms with E-state index in [1.54, 1.807) is 0 Å². The molecular formula is C10H12Cl2S. The van der Waals surface area contributed by atoms with Gasteiger partial charge in [0, 0.05) is 0 Å². The molecule has 0 unspecified atom stereocenters. The van der Waals surface area contributed by atoms with Gasteiger partial charge in [0.1, 0.15) is 0 Å². The van der Waals surface area contributed by atoms with Crippen LogP contribution in [0, 0.1) is 0 Å². The Labute approximate surface area is 94.7 Å². The molecule has 0 radical (unpaired) electrons. The quantitative estimate of drug-likeness (QED) is 0.585. The lowest BCUT2D eigenvalue weighted by atomic mass is 10.1. The standard InChI is InChI=1S/C10H12Cl2S/c11-9-5-4-8(7-10(9)12)3-1-2-6-13/h4-5,7,13H,1-3,6H2. The van der Waals surface area contributed by atoms with Crippen LogP contribution in [0.5, 0.6) is 0 Å². The number of hydrogen-bond donors (Lipinski definition) is 1. The minimum absolute atomic E-state index is 0.625. The lowest BCUT2D eigenvalue weighted by molar-refractivity contribution is 0.804. The number of unbranched alkanes of at least 4 members (excludes halogenated alkanes) is 1. The number of rotatable bonds is 4. The van der Waals surface area contributed by atoms with Gasteiger partial charge in [0.05, 0.1) is 10.0 Å². The molecule has 0 amide bonds. The summed E-state index contributed by atoms with van der Waals surface area (Å²) in [7, 11) is 0. The Morgan fingerprint density at radius 3 is 2.46 bits per heavy atom. The van der Waals surface area contributed by atoms with Gasteiger partial charge in [-0.25, -0.2) is 0 Å². The second-order valence-corrected chi connectivity index (χ2v) is 4.19. The Hall–Kier alpha value is 0.150. The van der Waals surface area contributed by atoms with Gasteiger partial charge >= 0.3 is 0 Å². The zero-order valence-electron chi connectivity index (χ0n) is 7.26. The topological polar surface area (TPSA) is 0 Å². The van der Waals surface area contributed by atoms with E-state index in [4.69, 9.17) is 23.2 Å². The lowest BCUT2D eigenvalue weighted by Gasteiger charge is -2.02. The predicted octanol–water partition coefficient (Wildman–Crippen LogP) is 4.25. The van der Waals surface area contributed by atoms with Crippen LogP contribution in [-0.4, -0.2) is 5.75 Å². The molecule has 0 saturated heterocycles. The molecule has 0 aliphatic rings. The average Bonchev–Trinajstić information content (AvgIpc) is 2.12. The van der Waals surface area contributed by atoms with Crippen LogP contribution >= 0.6 is 35.8 Å². The van der Waals surface area contributed by atoms with Gasteiger partial charge in [-0.15, -0.1) is 0 Å². The normalized spacial score (nSPS) is 10.4. The summed E-state index contributed by atoms with van der Waals surface area (Å²) in [5.41, 5.74) is 1.25. The zero-order chi connectivity index (χ0) is 9.68. The van der Waals surface area contributed by atoms with Crippen molar-refractivity contribution >= 4 is 35.8 Å². The minimum atomic E-state index is 0.625. The summed E-state index contributed by atoms with van der Waals surface area (Å²) in [4.78, 5) is 0. The minimum Gasteiger partial charge on any atom is -0.179 e. The molecule has 72 valence electrons. The van der Waals surface area contributed by atoms with Gasteiger partial charge in [-0.1, -0.05) is 29.3 Å². The summed E-state index contributed by atoms with van der Waals surface area (Å²) in [5, 5.41) is 1.27. The van der Waals surface area contributed by atoms with Gasteiger partial charge in [-0.05, 0) is 42.7 Å². The van der Waals surface area contributed by atoms with Gasteiger partial charge in [0.25, 0.3) is 0 Å². The molecule has 0 spiro atoms. The van der Waals surface area contributed by atoms with E-state index in [0.29, 0.717) is 10.0 Å². The molecule has 0 aliphatic heterocycles. The highest BCUT2D eigenvalue weighted by molar-refractivity contribution is 7.80. The molecule has 0 bridgehead atoms. The van der Waals surface area contributed by atoms with Crippen LogP contribution in [0.1, 0.15) is 18.4 Å². The van der Waals surface area contributed by atoms with E-state index in [1.165, 1.54) is 5.56 Å². The first-order valence-corrected chi connectivity index (χ1v) is 5.67. The van der Waals surface area contributed by atoms with Crippen molar-refractivity contribution in [3.05, 3.63) is 33.8 Å². The Kier molecular flexibility index (Phi) is 5.00. The number of aryl methyl sites for hydroxylation is 1. The van der Waals surface area contributed by atoms with Gasteiger partial charge < -0.3 is 0 Å². The van der Waals surface area contributed by atoms with Gasteiger partial charge in [-0.3, -0.25) is 0 Å². The Balaban J connectivity index is 2.53. The van der Waals surface area contributed by atoms with Crippen molar-refractivity contribution in [1.82, 2.24) is 0 Å². The SMILES string of the molecule is SCCCCc1ccc(Cl)c(Cl)c1. The molecule has 0 N–H and O–H groups in total. The summed E-state index contributed by atoms with van der Waals surface area (Å²) >= 11 is 15.8. The fourth-order valence-electron chi connectivity index (χ4n) is 1.14. The fraction of sp³-hybridized carbons (Fsp3) is 0.400. The smallest absolute Gasteiger partial charge is 0.0595 e. The monoisotopic (exact) mass is 234 g/mol. The average molecular weight is 235 g/mol. The Morgan fingerprint density at radius 2 is 1.85 bits per heavy atom. The summed E-state index contributed by atoms with van der Waals surface area (Å²) in [6.45, 7) is 0. The van der Waals surface area contributed by atoms with E-state index in [0.717, 1.165) is 25.0 Å². The van der Waals surface area contributed by atoms with Crippen molar-refractivity contribution in [2.24, 2.45) is 0 Å². The molecule has 0 saturated carbocycles. The van der Waals surface area contributed by atoms with Crippen molar-refractivity contribution in [3.63, 3.8) is 0 Å². The predicted molar refractivity (Wildman–Crippen MR) is 63.3 cm³/mol. The molecule has 0 heterocycles. The number of hydrogen-bond acceptors (Lipinski definition) is 1. The second-order valence-electron chi connectivity index (χ2n) is 2.93. The number of benzene rings is 1. The van der Waals surface area contributed by atoms with Crippen molar-refractivity contribution < 1.29 is 0 Å². The maximum absolute atomic E-state index is 5.88. The van der Waals surface area contributed by atoms with E-state index in [2.05, 4.69) is 12.6 Å². The number of halogens is 2. The van der Waals surface area contributed by atoms with E-state index in [1.807, 2.05) is 18.2 Å². The third-order valence-corrected chi connectivity index (χ3v) is 2.91. The van der Waals surface area contributed by atoms with Gasteiger partial charge in [-0.2, -0.15) is 12.6 Å². The molecule has 0 fully saturated rings. The van der Waals surface area contributed by atoms with Crippen LogP contribution < -0.4 is 0 Å². The second kappa shape index (κ2) is 5.79. The molecule has 0 atom stereocenters. The lowest BCUT2D eigenvalue weighted by Crippen LogP contribution is -1.86. The first-order valence-electron chi connectivity index (χ1n) is 4.29. The van der Waals surface area contributed by atoms with Crippen molar-refractivity contribution in [3.8, 4) is 0 Å². The first-order chi connectivity index (χ1) is 6.24. The highest BCUT2D eigenvalue weighted by Crippen LogP contribution is 2.23. The molecule has 0 aromatic heterocycles. The summed E-state index contributed by atoms with van der Waals surface area (Å²) in [5.74, 6) is 0.946. The van der Waals surface area contributed by atoms with E-state index < -0.39 is 0 Å². The summed E-state index contributed by atoms with van der Waals surface area (Å²) in [6.07, 6.45) is 3.35. The van der Waals surface area contributed by atoms with Crippen LogP contribution in [0.4, 0.5) is 0 Å². The maximum Gasteiger partial charge on any atom is 0.0595 e. The third-order valence-electron chi connectivity index (χ3n) is 1.86. The van der Waals surface area contributed by atoms with Crippen molar-refractivity contribution in [1.29, 1.82) is 0 Å². The Morgan fingerprint density at radius 1 is 1.08 bits per heavy atom. The molecule has 0 nitrogen and oxygen atoms in total. The van der Waals surface area contributed by atoms with Crippen molar-refractivity contribution in [2.45, 2.75) is 19.3 Å². The molecule has 1 aromatic carbocycles. The van der Waals surface area contributed by atoms with Crippen LogP contribution in [0.15, 0.2) is 18.2 Å². The molecule has 3 heteroatoms. The van der Waals surface area contributed by atoms with Crippen LogP contribution in [-0.2, 0) is 6.42 Å². The van der Waals surface area contributed by atoms with Crippen LogP contribution in [0.2, 0.25) is 10.0 Å². The van der Waals surface area contributed by atoms with E-state index in [9.17, 15) is 0 Å². The first kappa shape index (κ1) is 11.2. The maximum atomic E-state index is 5.88. The van der Waals surface area contributed by atoms with Gasteiger partial charge in [0.15, 0.2) is 0 Å². The van der Waals surface area contributed by atoms with Crippen molar-refractivity contribution in [2.75, 3.05) is 5.75 Å². The molecule has 1 rings (SSSR count). The van der Waals surface area contributed by atoms with E-state index >= 15 is 0 Å². The van der Waals surface area contributed by atoms with Crippen LogP contribution in [0.3, 0.4) is 0 Å². The highest BCUT2D eigenvalue weighted by atomic mass is 35.5. The summed E-state index contributed by atoms with van der Waals surface area (Å²) < 4.78 is 0. The molecular weight excluding hydrogens is 223 g/mol. The highest BCUT2D eigenvalue weighted by Gasteiger charge is 1.98. The third kappa shape index (κ3) is 3.80. The Bertz CT molecular complexity index is 274. The van der Waals surface area contributed by atoms with Gasteiger partial charge in [0.2, 0.25) is 0 Å². The van der Waals surface area contributed by atoms with Crippen LogP contribution in [0.25, 0.3) is 0 Å². The summed E-state index contributed by atoms with van der Waals surface area (Å²) in [6, 6.07) is 5.80. The number of thiol groups is 1. The molecule has 1 aromatic rings. The molecule has 0 aliphatic carbocycles. The zero-order valence-corrected chi connectivity index (χ0v) is 9.67. The fourth-order valence-corrected chi connectivity index (χ4v) is 1.68. The van der Waals surface area contributed by atoms with E-state index in [-0.39, 0.29) is 0 Å².